The molecule has 6 heteroatoms. The molecule has 1 aliphatic heterocycles. The Hall–Kier alpha value is -0.860. The topological polar surface area (TPSA) is 48.9 Å². The largest absolute Gasteiger partial charge is 0.373 e. The molecular formula is C20H35IN4O. The summed E-state index contributed by atoms with van der Waals surface area (Å²) in [5, 5.41) is 6.76. The predicted molar refractivity (Wildman–Crippen MR) is 120 cm³/mol. The van der Waals surface area contributed by atoms with E-state index in [2.05, 4.69) is 72.5 Å². The fourth-order valence-electron chi connectivity index (χ4n) is 3.15. The van der Waals surface area contributed by atoms with Crippen LogP contribution in [0.2, 0.25) is 0 Å². The Morgan fingerprint density at radius 2 is 1.77 bits per heavy atom. The molecule has 1 saturated heterocycles. The molecule has 1 aromatic rings. The Morgan fingerprint density at radius 1 is 1.19 bits per heavy atom. The van der Waals surface area contributed by atoms with Crippen molar-refractivity contribution in [2.45, 2.75) is 65.5 Å². The Labute approximate surface area is 176 Å². The van der Waals surface area contributed by atoms with Crippen LogP contribution < -0.4 is 10.6 Å². The molecule has 0 aliphatic carbocycles. The van der Waals surface area contributed by atoms with Crippen LogP contribution in [0.5, 0.6) is 0 Å². The van der Waals surface area contributed by atoms with Crippen LogP contribution in [-0.2, 0) is 17.8 Å². The normalized spacial score (nSPS) is 22.4. The van der Waals surface area contributed by atoms with Gasteiger partial charge in [-0.1, -0.05) is 31.2 Å². The van der Waals surface area contributed by atoms with Crippen LogP contribution in [0, 0.1) is 0 Å². The molecular weight excluding hydrogens is 439 g/mol. The SMILES string of the molecule is CCC(C)NC(=NC)NCc1ccc(CN2CC(C)OC(C)C2)cc1.I. The van der Waals surface area contributed by atoms with Crippen molar-refractivity contribution in [2.24, 2.45) is 4.99 Å². The van der Waals surface area contributed by atoms with E-state index in [0.717, 1.165) is 38.6 Å². The van der Waals surface area contributed by atoms with E-state index < -0.39 is 0 Å². The van der Waals surface area contributed by atoms with Crippen LogP contribution in [0.4, 0.5) is 0 Å². The zero-order chi connectivity index (χ0) is 18.2. The van der Waals surface area contributed by atoms with Gasteiger partial charge in [-0.3, -0.25) is 9.89 Å². The summed E-state index contributed by atoms with van der Waals surface area (Å²) in [6.07, 6.45) is 1.71. The number of morpholine rings is 1. The number of hydrogen-bond acceptors (Lipinski definition) is 3. The molecule has 0 aromatic heterocycles. The Bertz CT molecular complexity index is 539. The number of nitrogens with one attached hydrogen (secondary N) is 2. The lowest BCUT2D eigenvalue weighted by molar-refractivity contribution is -0.0704. The molecule has 0 saturated carbocycles. The highest BCUT2D eigenvalue weighted by atomic mass is 127. The molecule has 0 radical (unpaired) electrons. The number of guanidine groups is 1. The molecule has 2 N–H and O–H groups in total. The highest BCUT2D eigenvalue weighted by molar-refractivity contribution is 14.0. The molecule has 148 valence electrons. The minimum atomic E-state index is 0. The Morgan fingerprint density at radius 3 is 2.31 bits per heavy atom. The van der Waals surface area contributed by atoms with Gasteiger partial charge in [0.1, 0.15) is 0 Å². The number of aliphatic imine (C=N–C) groups is 1. The first-order chi connectivity index (χ1) is 12.0. The summed E-state index contributed by atoms with van der Waals surface area (Å²) in [4.78, 5) is 6.75. The third-order valence-electron chi connectivity index (χ3n) is 4.60. The second-order valence-electron chi connectivity index (χ2n) is 7.15. The molecule has 1 aliphatic rings. The Balaban J connectivity index is 0.00000338. The number of halogens is 1. The van der Waals surface area contributed by atoms with Gasteiger partial charge in [-0.15, -0.1) is 24.0 Å². The summed E-state index contributed by atoms with van der Waals surface area (Å²) >= 11 is 0. The van der Waals surface area contributed by atoms with Crippen molar-refractivity contribution in [2.75, 3.05) is 20.1 Å². The molecule has 1 fully saturated rings. The van der Waals surface area contributed by atoms with E-state index in [-0.39, 0.29) is 24.0 Å². The van der Waals surface area contributed by atoms with Crippen molar-refractivity contribution in [3.8, 4) is 0 Å². The van der Waals surface area contributed by atoms with E-state index in [9.17, 15) is 0 Å². The summed E-state index contributed by atoms with van der Waals surface area (Å²) in [7, 11) is 1.81. The smallest absolute Gasteiger partial charge is 0.191 e. The predicted octanol–water partition coefficient (Wildman–Crippen LogP) is 3.38. The average Bonchev–Trinajstić information content (AvgIpc) is 2.58. The molecule has 3 unspecified atom stereocenters. The lowest BCUT2D eigenvalue weighted by atomic mass is 10.1. The van der Waals surface area contributed by atoms with Gasteiger partial charge in [0.2, 0.25) is 0 Å². The number of benzene rings is 1. The maximum absolute atomic E-state index is 5.81. The molecule has 0 bridgehead atoms. The van der Waals surface area contributed by atoms with Crippen LogP contribution >= 0.6 is 24.0 Å². The Kier molecular flexibility index (Phi) is 10.5. The second-order valence-corrected chi connectivity index (χ2v) is 7.15. The van der Waals surface area contributed by atoms with Crippen molar-refractivity contribution in [3.05, 3.63) is 35.4 Å². The van der Waals surface area contributed by atoms with Gasteiger partial charge < -0.3 is 15.4 Å². The molecule has 5 nitrogen and oxygen atoms in total. The standard InChI is InChI=1S/C20H34N4O.HI/c1-6-15(2)23-20(21-5)22-11-18-7-9-19(10-8-18)14-24-12-16(3)25-17(4)13-24;/h7-10,15-17H,6,11-14H2,1-5H3,(H2,21,22,23);1H. The van der Waals surface area contributed by atoms with Gasteiger partial charge in [0.05, 0.1) is 12.2 Å². The number of nitrogens with zero attached hydrogens (tertiary/aromatic N) is 2. The summed E-state index contributed by atoms with van der Waals surface area (Å²) < 4.78 is 5.81. The molecule has 1 aromatic carbocycles. The lowest BCUT2D eigenvalue weighted by Gasteiger charge is -2.35. The van der Waals surface area contributed by atoms with Crippen LogP contribution in [-0.4, -0.2) is 49.2 Å². The molecule has 26 heavy (non-hydrogen) atoms. The second kappa shape index (κ2) is 11.8. The summed E-state index contributed by atoms with van der Waals surface area (Å²) in [6.45, 7) is 12.4. The van der Waals surface area contributed by atoms with E-state index >= 15 is 0 Å². The van der Waals surface area contributed by atoms with Crippen molar-refractivity contribution >= 4 is 29.9 Å². The van der Waals surface area contributed by atoms with Gasteiger partial charge in [0, 0.05) is 39.3 Å². The van der Waals surface area contributed by atoms with Gasteiger partial charge >= 0.3 is 0 Å². The third-order valence-corrected chi connectivity index (χ3v) is 4.60. The van der Waals surface area contributed by atoms with Crippen LogP contribution in [0.3, 0.4) is 0 Å². The highest BCUT2D eigenvalue weighted by Crippen LogP contribution is 2.14. The fourth-order valence-corrected chi connectivity index (χ4v) is 3.15. The quantitative estimate of drug-likeness (QED) is 0.377. The first kappa shape index (κ1) is 23.2. The van der Waals surface area contributed by atoms with Crippen molar-refractivity contribution < 1.29 is 4.74 Å². The van der Waals surface area contributed by atoms with E-state index in [1.165, 1.54) is 11.1 Å². The van der Waals surface area contributed by atoms with Crippen LogP contribution in [0.25, 0.3) is 0 Å². The van der Waals surface area contributed by atoms with E-state index in [1.54, 1.807) is 0 Å². The summed E-state index contributed by atoms with van der Waals surface area (Å²) in [5.74, 6) is 0.856. The van der Waals surface area contributed by atoms with Crippen molar-refractivity contribution in [3.63, 3.8) is 0 Å². The maximum Gasteiger partial charge on any atom is 0.191 e. The van der Waals surface area contributed by atoms with Crippen LogP contribution in [0.1, 0.15) is 45.2 Å². The highest BCUT2D eigenvalue weighted by Gasteiger charge is 2.21. The van der Waals surface area contributed by atoms with Gasteiger partial charge in [-0.05, 0) is 38.3 Å². The molecule has 3 atom stereocenters. The average molecular weight is 474 g/mol. The van der Waals surface area contributed by atoms with E-state index in [0.29, 0.717) is 18.2 Å². The van der Waals surface area contributed by atoms with E-state index in [1.807, 2.05) is 7.05 Å². The van der Waals surface area contributed by atoms with Crippen molar-refractivity contribution in [1.29, 1.82) is 0 Å². The molecule has 0 spiro atoms. The van der Waals surface area contributed by atoms with E-state index in [4.69, 9.17) is 4.74 Å². The lowest BCUT2D eigenvalue weighted by Crippen LogP contribution is -2.44. The minimum absolute atomic E-state index is 0. The van der Waals surface area contributed by atoms with Gasteiger partial charge in [0.15, 0.2) is 5.96 Å². The third kappa shape index (κ3) is 7.80. The minimum Gasteiger partial charge on any atom is -0.373 e. The zero-order valence-corrected chi connectivity index (χ0v) is 19.1. The van der Waals surface area contributed by atoms with Crippen molar-refractivity contribution in [1.82, 2.24) is 15.5 Å². The first-order valence-corrected chi connectivity index (χ1v) is 9.43. The number of ether oxygens (including phenoxy) is 1. The fraction of sp³-hybridized carbons (Fsp3) is 0.650. The number of hydrogen-bond donors (Lipinski definition) is 2. The first-order valence-electron chi connectivity index (χ1n) is 9.43. The molecule has 2 rings (SSSR count). The van der Waals surface area contributed by atoms with Gasteiger partial charge in [-0.25, -0.2) is 0 Å². The van der Waals surface area contributed by atoms with Gasteiger partial charge in [-0.2, -0.15) is 0 Å². The summed E-state index contributed by atoms with van der Waals surface area (Å²) in [5.41, 5.74) is 2.62. The monoisotopic (exact) mass is 474 g/mol. The maximum atomic E-state index is 5.81. The summed E-state index contributed by atoms with van der Waals surface area (Å²) in [6, 6.07) is 9.28. The molecule has 1 heterocycles. The zero-order valence-electron chi connectivity index (χ0n) is 16.8. The molecule has 0 amide bonds. The number of rotatable bonds is 6. The van der Waals surface area contributed by atoms with Gasteiger partial charge in [0.25, 0.3) is 0 Å². The van der Waals surface area contributed by atoms with Crippen LogP contribution in [0.15, 0.2) is 29.3 Å².